The lowest BCUT2D eigenvalue weighted by Gasteiger charge is -2.22. The maximum atomic E-state index is 5.82. The van der Waals surface area contributed by atoms with Crippen molar-refractivity contribution >= 4 is 5.69 Å². The minimum absolute atomic E-state index is 0.0800. The molecule has 0 fully saturated rings. The van der Waals surface area contributed by atoms with Gasteiger partial charge < -0.3 is 5.73 Å². The summed E-state index contributed by atoms with van der Waals surface area (Å²) < 4.78 is 0. The standard InChI is InChI=1S/C23H22.C11H17N/c1-15-12-16(2)22-19-14-18(17-8-6-5-7-9-17)10-11-20(19)23(3,4)21(22)13-15;1-8-9(11(2,3)4)6-5-7-10(8)12/h5-14H,1-4H3;5-7H,12H2,1-4H3. The van der Waals surface area contributed by atoms with Crippen molar-refractivity contribution in [3.63, 3.8) is 0 Å². The zero-order valence-electron chi connectivity index (χ0n) is 22.6. The van der Waals surface area contributed by atoms with Crippen LogP contribution in [0.15, 0.2) is 78.9 Å². The molecule has 0 spiro atoms. The van der Waals surface area contributed by atoms with Crippen molar-refractivity contribution in [1.29, 1.82) is 0 Å². The molecule has 4 aromatic rings. The molecule has 0 aromatic heterocycles. The maximum absolute atomic E-state index is 5.82. The summed E-state index contributed by atoms with van der Waals surface area (Å²) in [5.74, 6) is 0. The number of nitrogens with two attached hydrogens (primary N) is 1. The van der Waals surface area contributed by atoms with Crippen LogP contribution in [-0.4, -0.2) is 0 Å². The summed E-state index contributed by atoms with van der Waals surface area (Å²) in [5, 5.41) is 0. The molecule has 4 aromatic carbocycles. The lowest BCUT2D eigenvalue weighted by Crippen LogP contribution is -2.15. The zero-order chi connectivity index (χ0) is 25.5. The Balaban J connectivity index is 0.000000204. The van der Waals surface area contributed by atoms with Crippen LogP contribution in [0, 0.1) is 20.8 Å². The van der Waals surface area contributed by atoms with E-state index < -0.39 is 0 Å². The molecule has 0 saturated heterocycles. The van der Waals surface area contributed by atoms with Crippen LogP contribution in [0.3, 0.4) is 0 Å². The van der Waals surface area contributed by atoms with Crippen LogP contribution in [0.1, 0.15) is 68.0 Å². The largest absolute Gasteiger partial charge is 0.399 e. The summed E-state index contributed by atoms with van der Waals surface area (Å²) in [5.41, 5.74) is 20.6. The molecular weight excluding hydrogens is 422 g/mol. The average Bonchev–Trinajstić information content (AvgIpc) is 3.02. The first-order valence-electron chi connectivity index (χ1n) is 12.6. The summed E-state index contributed by atoms with van der Waals surface area (Å²) in [7, 11) is 0. The summed E-state index contributed by atoms with van der Waals surface area (Å²) in [6.07, 6.45) is 0. The molecule has 1 heteroatoms. The summed E-state index contributed by atoms with van der Waals surface area (Å²) in [6.45, 7) is 17.8. The van der Waals surface area contributed by atoms with Crippen LogP contribution in [0.25, 0.3) is 22.3 Å². The second-order valence-corrected chi connectivity index (χ2v) is 11.5. The Hall–Kier alpha value is -3.32. The summed E-state index contributed by atoms with van der Waals surface area (Å²) in [4.78, 5) is 0. The van der Waals surface area contributed by atoms with Gasteiger partial charge in [0.1, 0.15) is 0 Å². The third-order valence-corrected chi connectivity index (χ3v) is 7.41. The Bertz CT molecular complexity index is 1370. The predicted molar refractivity (Wildman–Crippen MR) is 153 cm³/mol. The molecule has 0 bridgehead atoms. The minimum Gasteiger partial charge on any atom is -0.399 e. The predicted octanol–water partition coefficient (Wildman–Crippen LogP) is 9.15. The van der Waals surface area contributed by atoms with Crippen LogP contribution in [-0.2, 0) is 10.8 Å². The van der Waals surface area contributed by atoms with Gasteiger partial charge in [0.05, 0.1) is 0 Å². The van der Waals surface area contributed by atoms with E-state index in [2.05, 4.69) is 122 Å². The van der Waals surface area contributed by atoms with Crippen molar-refractivity contribution < 1.29 is 0 Å². The van der Waals surface area contributed by atoms with Gasteiger partial charge >= 0.3 is 0 Å². The molecule has 0 amide bonds. The normalized spacial score (nSPS) is 13.5. The number of aryl methyl sites for hydroxylation is 2. The van der Waals surface area contributed by atoms with Gasteiger partial charge in [0.25, 0.3) is 0 Å². The van der Waals surface area contributed by atoms with Gasteiger partial charge in [-0.1, -0.05) is 107 Å². The third-order valence-electron chi connectivity index (χ3n) is 7.41. The van der Waals surface area contributed by atoms with Gasteiger partial charge in [-0.2, -0.15) is 0 Å². The molecular formula is C34H39N. The van der Waals surface area contributed by atoms with Gasteiger partial charge in [0.2, 0.25) is 0 Å². The number of hydrogen-bond donors (Lipinski definition) is 1. The molecule has 1 aliphatic carbocycles. The fraction of sp³-hybridized carbons (Fsp3) is 0.294. The van der Waals surface area contributed by atoms with E-state index in [0.717, 1.165) is 5.69 Å². The Kier molecular flexibility index (Phi) is 6.40. The quantitative estimate of drug-likeness (QED) is 0.281. The number of anilines is 1. The lowest BCUT2D eigenvalue weighted by atomic mass is 9.81. The van der Waals surface area contributed by atoms with Crippen molar-refractivity contribution in [3.05, 3.63) is 112 Å². The summed E-state index contributed by atoms with van der Waals surface area (Å²) in [6, 6.07) is 28.4. The Morgan fingerprint density at radius 2 is 1.37 bits per heavy atom. The van der Waals surface area contributed by atoms with Crippen molar-refractivity contribution in [2.75, 3.05) is 5.73 Å². The van der Waals surface area contributed by atoms with E-state index in [9.17, 15) is 0 Å². The Morgan fingerprint density at radius 1 is 0.686 bits per heavy atom. The first-order valence-corrected chi connectivity index (χ1v) is 12.6. The van der Waals surface area contributed by atoms with E-state index in [-0.39, 0.29) is 10.8 Å². The van der Waals surface area contributed by atoms with Crippen molar-refractivity contribution in [2.24, 2.45) is 0 Å². The van der Waals surface area contributed by atoms with Gasteiger partial charge in [-0.05, 0) is 88.4 Å². The van der Waals surface area contributed by atoms with Crippen LogP contribution in [0.2, 0.25) is 0 Å². The highest BCUT2D eigenvalue weighted by molar-refractivity contribution is 5.86. The molecule has 180 valence electrons. The molecule has 0 radical (unpaired) electrons. The first-order chi connectivity index (χ1) is 16.4. The fourth-order valence-corrected chi connectivity index (χ4v) is 5.54. The topological polar surface area (TPSA) is 26.0 Å². The molecule has 2 N–H and O–H groups in total. The van der Waals surface area contributed by atoms with Crippen LogP contribution in [0.4, 0.5) is 5.69 Å². The van der Waals surface area contributed by atoms with Crippen LogP contribution >= 0.6 is 0 Å². The van der Waals surface area contributed by atoms with E-state index in [0.29, 0.717) is 0 Å². The van der Waals surface area contributed by atoms with E-state index in [4.69, 9.17) is 5.73 Å². The minimum atomic E-state index is 0.0800. The molecule has 1 nitrogen and oxygen atoms in total. The molecule has 0 atom stereocenters. The highest BCUT2D eigenvalue weighted by Gasteiger charge is 2.36. The highest BCUT2D eigenvalue weighted by atomic mass is 14.6. The monoisotopic (exact) mass is 461 g/mol. The molecule has 0 saturated carbocycles. The number of nitrogen functional groups attached to an aromatic ring is 1. The van der Waals surface area contributed by atoms with Gasteiger partial charge in [0, 0.05) is 11.1 Å². The molecule has 5 rings (SSSR count). The lowest BCUT2D eigenvalue weighted by molar-refractivity contribution is 0.586. The van der Waals surface area contributed by atoms with Crippen LogP contribution < -0.4 is 5.73 Å². The highest BCUT2D eigenvalue weighted by Crippen LogP contribution is 2.51. The SMILES string of the molecule is Cc1c(N)cccc1C(C)(C)C.Cc1cc(C)c2c(c1)C(C)(C)c1ccc(-c3ccccc3)cc1-2. The zero-order valence-corrected chi connectivity index (χ0v) is 22.6. The van der Waals surface area contributed by atoms with Gasteiger partial charge in [-0.25, -0.2) is 0 Å². The van der Waals surface area contributed by atoms with Gasteiger partial charge in [0.15, 0.2) is 0 Å². The average molecular weight is 462 g/mol. The number of rotatable bonds is 1. The van der Waals surface area contributed by atoms with E-state index >= 15 is 0 Å². The first kappa shape index (κ1) is 24.8. The Labute approximate surface area is 212 Å². The number of fused-ring (bicyclic) bond motifs is 3. The van der Waals surface area contributed by atoms with Gasteiger partial charge in [-0.3, -0.25) is 0 Å². The van der Waals surface area contributed by atoms with Crippen molar-refractivity contribution in [1.82, 2.24) is 0 Å². The summed E-state index contributed by atoms with van der Waals surface area (Å²) >= 11 is 0. The second-order valence-electron chi connectivity index (χ2n) is 11.5. The number of hydrogen-bond acceptors (Lipinski definition) is 1. The molecule has 0 aliphatic heterocycles. The van der Waals surface area contributed by atoms with E-state index in [1.54, 1.807) is 0 Å². The van der Waals surface area contributed by atoms with E-state index in [1.807, 2.05) is 12.1 Å². The fourth-order valence-electron chi connectivity index (χ4n) is 5.54. The van der Waals surface area contributed by atoms with Crippen molar-refractivity contribution in [2.45, 2.75) is 66.2 Å². The van der Waals surface area contributed by atoms with Crippen molar-refractivity contribution in [3.8, 4) is 22.3 Å². The van der Waals surface area contributed by atoms with Gasteiger partial charge in [-0.15, -0.1) is 0 Å². The number of benzene rings is 4. The molecule has 35 heavy (non-hydrogen) atoms. The third kappa shape index (κ3) is 4.65. The van der Waals surface area contributed by atoms with Crippen LogP contribution in [0.5, 0.6) is 0 Å². The molecule has 1 aliphatic rings. The smallest absolute Gasteiger partial charge is 0.0346 e. The maximum Gasteiger partial charge on any atom is 0.0346 e. The second kappa shape index (κ2) is 9.04. The Morgan fingerprint density at radius 3 is 2.00 bits per heavy atom. The molecule has 0 unspecified atom stereocenters. The molecule has 0 heterocycles. The van der Waals surface area contributed by atoms with E-state index in [1.165, 1.54) is 55.6 Å².